The van der Waals surface area contributed by atoms with Crippen LogP contribution in [0.3, 0.4) is 0 Å². The highest BCUT2D eigenvalue weighted by molar-refractivity contribution is 7.99. The predicted octanol–water partition coefficient (Wildman–Crippen LogP) is 5.29. The zero-order valence-corrected chi connectivity index (χ0v) is 15.9. The number of hydrogen-bond acceptors (Lipinski definition) is 3. The van der Waals surface area contributed by atoms with E-state index in [9.17, 15) is 4.79 Å². The van der Waals surface area contributed by atoms with E-state index >= 15 is 0 Å². The molecule has 0 aromatic rings. The van der Waals surface area contributed by atoms with Gasteiger partial charge >= 0.3 is 5.97 Å². The third kappa shape index (κ3) is 6.44. The smallest absolute Gasteiger partial charge is 0.303 e. The zero-order chi connectivity index (χ0) is 17.2. The van der Waals surface area contributed by atoms with Crippen LogP contribution in [0.2, 0.25) is 0 Å². The molecule has 0 spiro atoms. The van der Waals surface area contributed by atoms with Crippen molar-refractivity contribution in [1.29, 1.82) is 0 Å². The predicted molar refractivity (Wildman–Crippen MR) is 102 cm³/mol. The Morgan fingerprint density at radius 2 is 1.92 bits per heavy atom. The SMILES string of the molecule is CCCCCCSC[C@H]1C2CC[C@@H](O2)[C@H]1C/C=C\CCCC(=O)O. The van der Waals surface area contributed by atoms with E-state index in [-0.39, 0.29) is 6.42 Å². The summed E-state index contributed by atoms with van der Waals surface area (Å²) in [5.41, 5.74) is 0. The van der Waals surface area contributed by atoms with Gasteiger partial charge in [-0.3, -0.25) is 4.79 Å². The molecule has 2 aliphatic heterocycles. The molecule has 2 heterocycles. The Bertz CT molecular complexity index is 396. The number of ether oxygens (including phenoxy) is 1. The highest BCUT2D eigenvalue weighted by Crippen LogP contribution is 2.46. The Morgan fingerprint density at radius 1 is 1.12 bits per heavy atom. The number of fused-ring (bicyclic) bond motifs is 2. The minimum absolute atomic E-state index is 0.277. The highest BCUT2D eigenvalue weighted by Gasteiger charge is 2.47. The second kappa shape index (κ2) is 11.2. The van der Waals surface area contributed by atoms with Gasteiger partial charge in [-0.15, -0.1) is 0 Å². The van der Waals surface area contributed by atoms with E-state index in [0.717, 1.165) is 25.2 Å². The number of hydrogen-bond donors (Lipinski definition) is 1. The quantitative estimate of drug-likeness (QED) is 0.360. The van der Waals surface area contributed by atoms with Gasteiger partial charge < -0.3 is 9.84 Å². The Kier molecular flexibility index (Phi) is 9.26. The highest BCUT2D eigenvalue weighted by atomic mass is 32.2. The largest absolute Gasteiger partial charge is 0.481 e. The van der Waals surface area contributed by atoms with Gasteiger partial charge in [0.25, 0.3) is 0 Å². The van der Waals surface area contributed by atoms with Crippen LogP contribution < -0.4 is 0 Å². The molecule has 0 amide bonds. The number of carbonyl (C=O) groups is 1. The number of unbranched alkanes of at least 4 members (excludes halogenated alkanes) is 4. The van der Waals surface area contributed by atoms with Crippen LogP contribution in [-0.4, -0.2) is 34.8 Å². The molecule has 0 saturated carbocycles. The van der Waals surface area contributed by atoms with E-state index in [1.807, 2.05) is 0 Å². The van der Waals surface area contributed by atoms with Crippen LogP contribution in [0.25, 0.3) is 0 Å². The maximum atomic E-state index is 10.5. The lowest BCUT2D eigenvalue weighted by Crippen LogP contribution is -2.28. The molecule has 24 heavy (non-hydrogen) atoms. The number of aliphatic carboxylic acids is 1. The van der Waals surface area contributed by atoms with Crippen LogP contribution in [0.1, 0.15) is 71.1 Å². The Balaban J connectivity index is 1.65. The van der Waals surface area contributed by atoms with Gasteiger partial charge in [0, 0.05) is 6.42 Å². The Labute approximate surface area is 151 Å². The van der Waals surface area contributed by atoms with E-state index in [1.165, 1.54) is 50.0 Å². The molecule has 0 aromatic heterocycles. The zero-order valence-electron chi connectivity index (χ0n) is 15.1. The van der Waals surface area contributed by atoms with Gasteiger partial charge in [-0.05, 0) is 61.9 Å². The maximum absolute atomic E-state index is 10.5. The molecule has 1 unspecified atom stereocenters. The second-order valence-corrected chi connectivity index (χ2v) is 8.40. The molecule has 138 valence electrons. The average molecular weight is 355 g/mol. The van der Waals surface area contributed by atoms with Crippen molar-refractivity contribution in [1.82, 2.24) is 0 Å². The van der Waals surface area contributed by atoms with Gasteiger partial charge in [0.1, 0.15) is 0 Å². The van der Waals surface area contributed by atoms with Crippen molar-refractivity contribution in [2.45, 2.75) is 83.3 Å². The molecule has 2 aliphatic rings. The van der Waals surface area contributed by atoms with E-state index in [4.69, 9.17) is 9.84 Å². The third-order valence-corrected chi connectivity index (χ3v) is 6.58. The fraction of sp³-hybridized carbons (Fsp3) is 0.850. The van der Waals surface area contributed by atoms with Crippen molar-refractivity contribution < 1.29 is 14.6 Å². The fourth-order valence-corrected chi connectivity index (χ4v) is 5.33. The molecule has 2 rings (SSSR count). The fourth-order valence-electron chi connectivity index (χ4n) is 4.02. The van der Waals surface area contributed by atoms with Crippen molar-refractivity contribution in [3.63, 3.8) is 0 Å². The van der Waals surface area contributed by atoms with E-state index in [0.29, 0.717) is 18.1 Å². The summed E-state index contributed by atoms with van der Waals surface area (Å²) in [6, 6.07) is 0. The summed E-state index contributed by atoms with van der Waals surface area (Å²) in [6.45, 7) is 2.26. The summed E-state index contributed by atoms with van der Waals surface area (Å²) < 4.78 is 6.18. The van der Waals surface area contributed by atoms with Crippen LogP contribution in [0.15, 0.2) is 12.2 Å². The first-order valence-electron chi connectivity index (χ1n) is 9.82. The molecule has 2 saturated heterocycles. The first-order chi connectivity index (χ1) is 11.7. The molecule has 4 atom stereocenters. The number of allylic oxidation sites excluding steroid dienone is 2. The van der Waals surface area contributed by atoms with Gasteiger partial charge in [-0.2, -0.15) is 11.8 Å². The van der Waals surface area contributed by atoms with Crippen LogP contribution in [0.4, 0.5) is 0 Å². The molecular weight excluding hydrogens is 320 g/mol. The molecular formula is C20H34O3S. The van der Waals surface area contributed by atoms with Crippen molar-refractivity contribution in [3.8, 4) is 0 Å². The molecule has 3 nitrogen and oxygen atoms in total. The Morgan fingerprint density at radius 3 is 2.67 bits per heavy atom. The maximum Gasteiger partial charge on any atom is 0.303 e. The topological polar surface area (TPSA) is 46.5 Å². The van der Waals surface area contributed by atoms with Gasteiger partial charge in [0.2, 0.25) is 0 Å². The summed E-state index contributed by atoms with van der Waals surface area (Å²) in [7, 11) is 0. The molecule has 4 heteroatoms. The summed E-state index contributed by atoms with van der Waals surface area (Å²) in [6.07, 6.45) is 16.3. The van der Waals surface area contributed by atoms with E-state index in [2.05, 4.69) is 30.8 Å². The minimum atomic E-state index is -0.694. The van der Waals surface area contributed by atoms with E-state index < -0.39 is 5.97 Å². The molecule has 1 N–H and O–H groups in total. The molecule has 2 fully saturated rings. The summed E-state index contributed by atoms with van der Waals surface area (Å²) >= 11 is 2.13. The number of carboxylic acids is 1. The number of rotatable bonds is 13. The van der Waals surface area contributed by atoms with E-state index in [1.54, 1.807) is 0 Å². The second-order valence-electron chi connectivity index (χ2n) is 7.25. The molecule has 0 aliphatic carbocycles. The first kappa shape index (κ1) is 19.8. The summed E-state index contributed by atoms with van der Waals surface area (Å²) in [4.78, 5) is 10.5. The molecule has 0 radical (unpaired) electrons. The average Bonchev–Trinajstić information content (AvgIpc) is 3.15. The number of carboxylic acid groups (broad SMARTS) is 1. The van der Waals surface area contributed by atoms with Gasteiger partial charge in [0.05, 0.1) is 12.2 Å². The number of thioether (sulfide) groups is 1. The van der Waals surface area contributed by atoms with Crippen LogP contribution in [0, 0.1) is 11.8 Å². The molecule has 0 aromatic carbocycles. The summed E-state index contributed by atoms with van der Waals surface area (Å²) in [5.74, 6) is 3.27. The lowest BCUT2D eigenvalue weighted by molar-refractivity contribution is -0.137. The summed E-state index contributed by atoms with van der Waals surface area (Å²) in [5, 5.41) is 8.66. The van der Waals surface area contributed by atoms with Crippen LogP contribution in [0.5, 0.6) is 0 Å². The minimum Gasteiger partial charge on any atom is -0.481 e. The van der Waals surface area contributed by atoms with Crippen LogP contribution >= 0.6 is 11.8 Å². The van der Waals surface area contributed by atoms with Crippen molar-refractivity contribution in [3.05, 3.63) is 12.2 Å². The first-order valence-corrected chi connectivity index (χ1v) is 11.0. The monoisotopic (exact) mass is 354 g/mol. The van der Waals surface area contributed by atoms with Crippen LogP contribution in [-0.2, 0) is 9.53 Å². The standard InChI is InChI=1S/C20H34O3S/c1-2-3-4-9-14-24-15-17-16(18-12-13-19(17)23-18)10-7-5-6-8-11-20(21)22/h5,7,16-19H,2-4,6,8-15H2,1H3,(H,21,22)/b7-5-/t16-,17+,18+,19?/m0/s1. The normalized spacial score (nSPS) is 28.9. The van der Waals surface area contributed by atoms with Gasteiger partial charge in [-0.25, -0.2) is 0 Å². The van der Waals surface area contributed by atoms with Gasteiger partial charge in [-0.1, -0.05) is 38.3 Å². The van der Waals surface area contributed by atoms with Gasteiger partial charge in [0.15, 0.2) is 0 Å². The van der Waals surface area contributed by atoms with Crippen molar-refractivity contribution in [2.75, 3.05) is 11.5 Å². The lowest BCUT2D eigenvalue weighted by atomic mass is 9.78. The Hall–Kier alpha value is -0.480. The third-order valence-electron chi connectivity index (χ3n) is 5.38. The molecule has 2 bridgehead atoms. The van der Waals surface area contributed by atoms with Crippen molar-refractivity contribution in [2.24, 2.45) is 11.8 Å². The van der Waals surface area contributed by atoms with Crippen molar-refractivity contribution >= 4 is 17.7 Å². The lowest BCUT2D eigenvalue weighted by Gasteiger charge is -2.27.